The van der Waals surface area contributed by atoms with Gasteiger partial charge in [0, 0.05) is 45.2 Å². The number of hydrogen-bond acceptors (Lipinski definition) is 5. The monoisotopic (exact) mass is 493 g/mol. The normalized spacial score (nSPS) is 20.6. The Morgan fingerprint density at radius 2 is 1.47 bits per heavy atom. The summed E-state index contributed by atoms with van der Waals surface area (Å²) in [5.74, 6) is 0.294. The average molecular weight is 494 g/mol. The van der Waals surface area contributed by atoms with Crippen molar-refractivity contribution in [3.8, 4) is 5.69 Å². The first-order valence-electron chi connectivity index (χ1n) is 13.6. The van der Waals surface area contributed by atoms with E-state index in [1.807, 2.05) is 37.3 Å². The Hall–Kier alpha value is -2.87. The van der Waals surface area contributed by atoms with Crippen LogP contribution in [0.5, 0.6) is 0 Å². The number of rotatable bonds is 4. The molecule has 1 aromatic carbocycles. The lowest BCUT2D eigenvalue weighted by Crippen LogP contribution is -2.51. The molecule has 1 aromatic heterocycles. The molecular weight excluding hydrogens is 454 g/mol. The van der Waals surface area contributed by atoms with E-state index < -0.39 is 0 Å². The first-order chi connectivity index (χ1) is 17.5. The molecule has 0 unspecified atom stereocenters. The highest BCUT2D eigenvalue weighted by Crippen LogP contribution is 2.27. The summed E-state index contributed by atoms with van der Waals surface area (Å²) in [5, 5.41) is 0. The molecule has 0 saturated carbocycles. The second-order valence-electron chi connectivity index (χ2n) is 10.7. The zero-order valence-electron chi connectivity index (χ0n) is 21.7. The van der Waals surface area contributed by atoms with Crippen LogP contribution in [0.25, 0.3) is 5.69 Å². The summed E-state index contributed by atoms with van der Waals surface area (Å²) in [5.41, 5.74) is 1.35. The van der Waals surface area contributed by atoms with E-state index in [1.54, 1.807) is 4.57 Å². The van der Waals surface area contributed by atoms with Gasteiger partial charge in [-0.05, 0) is 70.7 Å². The maximum Gasteiger partial charge on any atom is 0.335 e. The van der Waals surface area contributed by atoms with E-state index in [9.17, 15) is 14.4 Å². The topological polar surface area (TPSA) is 70.8 Å². The van der Waals surface area contributed by atoms with Gasteiger partial charge in [-0.3, -0.25) is 18.7 Å². The number of carbonyl (C=O) groups is 1. The molecule has 4 heterocycles. The molecule has 3 fully saturated rings. The number of hydrogen-bond donors (Lipinski definition) is 0. The fraction of sp³-hybridized carbons (Fsp3) is 0.607. The zero-order chi connectivity index (χ0) is 25.2. The minimum absolute atomic E-state index is 0.0111. The van der Waals surface area contributed by atoms with Gasteiger partial charge in [0.15, 0.2) is 0 Å². The Kier molecular flexibility index (Phi) is 7.32. The number of anilines is 1. The highest BCUT2D eigenvalue weighted by atomic mass is 16.2. The largest absolute Gasteiger partial charge is 0.366 e. The Labute approximate surface area is 213 Å². The minimum atomic E-state index is -0.342. The number of amides is 1. The molecule has 0 aliphatic carbocycles. The third kappa shape index (κ3) is 4.75. The zero-order valence-corrected chi connectivity index (χ0v) is 21.7. The number of piperidine rings is 3. The van der Waals surface area contributed by atoms with Gasteiger partial charge in [0.1, 0.15) is 5.69 Å². The van der Waals surface area contributed by atoms with Gasteiger partial charge < -0.3 is 14.7 Å². The van der Waals surface area contributed by atoms with E-state index in [4.69, 9.17) is 0 Å². The average Bonchev–Trinajstić information content (AvgIpc) is 2.93. The van der Waals surface area contributed by atoms with Gasteiger partial charge in [0.25, 0.3) is 5.56 Å². The summed E-state index contributed by atoms with van der Waals surface area (Å²) in [6.07, 6.45) is 7.61. The molecule has 2 aromatic rings. The molecule has 3 aliphatic heterocycles. The van der Waals surface area contributed by atoms with Crippen LogP contribution in [-0.4, -0.2) is 70.2 Å². The van der Waals surface area contributed by atoms with E-state index in [0.29, 0.717) is 30.5 Å². The number of likely N-dealkylation sites (tertiary alicyclic amines) is 2. The van der Waals surface area contributed by atoms with E-state index >= 15 is 0 Å². The maximum absolute atomic E-state index is 13.3. The van der Waals surface area contributed by atoms with Crippen molar-refractivity contribution in [2.24, 2.45) is 13.0 Å². The predicted octanol–water partition coefficient (Wildman–Crippen LogP) is 2.54. The lowest BCUT2D eigenvalue weighted by molar-refractivity contribution is -0.137. The molecule has 3 saturated heterocycles. The van der Waals surface area contributed by atoms with Crippen molar-refractivity contribution in [2.45, 2.75) is 57.9 Å². The van der Waals surface area contributed by atoms with Gasteiger partial charge in [-0.25, -0.2) is 4.79 Å². The molecule has 0 spiro atoms. The van der Waals surface area contributed by atoms with Gasteiger partial charge >= 0.3 is 5.69 Å². The Morgan fingerprint density at radius 1 is 0.833 bits per heavy atom. The van der Waals surface area contributed by atoms with Crippen LogP contribution in [-0.2, 0) is 11.8 Å². The Balaban J connectivity index is 1.25. The highest BCUT2D eigenvalue weighted by Gasteiger charge is 2.33. The fourth-order valence-electron chi connectivity index (χ4n) is 6.39. The standard InChI is InChI=1S/C28H39N5O3/c1-21-25(27(35)29(2)28(36)33(21)24-9-5-3-6-10-24)31-17-11-22(12-18-31)26(34)32-19-13-23(14-20-32)30-15-7-4-8-16-30/h3,5-6,9-10,22-23H,4,7-8,11-20H2,1-2H3. The Bertz CT molecular complexity index is 1180. The molecule has 0 atom stereocenters. The fourth-order valence-corrected chi connectivity index (χ4v) is 6.39. The molecule has 8 nitrogen and oxygen atoms in total. The predicted molar refractivity (Wildman–Crippen MR) is 142 cm³/mol. The molecule has 0 bridgehead atoms. The summed E-state index contributed by atoms with van der Waals surface area (Å²) in [6.45, 7) is 7.28. The number of nitrogens with zero attached hydrogens (tertiary/aromatic N) is 5. The van der Waals surface area contributed by atoms with Crippen molar-refractivity contribution < 1.29 is 4.79 Å². The SMILES string of the molecule is Cc1c(N2CCC(C(=O)N3CCC(N4CCCCC4)CC3)CC2)c(=O)n(C)c(=O)n1-c1ccccc1. The minimum Gasteiger partial charge on any atom is -0.366 e. The van der Waals surface area contributed by atoms with Crippen LogP contribution in [0.15, 0.2) is 39.9 Å². The van der Waals surface area contributed by atoms with Crippen molar-refractivity contribution in [1.82, 2.24) is 18.9 Å². The first-order valence-corrected chi connectivity index (χ1v) is 13.6. The maximum atomic E-state index is 13.3. The van der Waals surface area contributed by atoms with Crippen molar-refractivity contribution in [2.75, 3.05) is 44.2 Å². The van der Waals surface area contributed by atoms with Crippen LogP contribution in [0.2, 0.25) is 0 Å². The van der Waals surface area contributed by atoms with Crippen LogP contribution in [0, 0.1) is 12.8 Å². The van der Waals surface area contributed by atoms with Gasteiger partial charge in [0.05, 0.1) is 11.4 Å². The summed E-state index contributed by atoms with van der Waals surface area (Å²) in [7, 11) is 1.54. The van der Waals surface area contributed by atoms with Crippen molar-refractivity contribution in [3.05, 3.63) is 56.9 Å². The van der Waals surface area contributed by atoms with Crippen LogP contribution < -0.4 is 16.1 Å². The lowest BCUT2D eigenvalue weighted by atomic mass is 9.93. The quantitative estimate of drug-likeness (QED) is 0.655. The van der Waals surface area contributed by atoms with E-state index in [-0.39, 0.29) is 23.1 Å². The van der Waals surface area contributed by atoms with Gasteiger partial charge in [0.2, 0.25) is 5.91 Å². The number of para-hydroxylation sites is 1. The molecule has 1 amide bonds. The van der Waals surface area contributed by atoms with E-state index in [1.165, 1.54) is 44.0 Å². The molecule has 194 valence electrons. The summed E-state index contributed by atoms with van der Waals surface area (Å²) in [4.78, 5) is 46.2. The van der Waals surface area contributed by atoms with Crippen LogP contribution in [0.1, 0.15) is 50.6 Å². The third-order valence-corrected chi connectivity index (χ3v) is 8.52. The molecular formula is C28H39N5O3. The smallest absolute Gasteiger partial charge is 0.335 e. The Morgan fingerprint density at radius 3 is 2.11 bits per heavy atom. The summed E-state index contributed by atoms with van der Waals surface area (Å²) >= 11 is 0. The number of carbonyl (C=O) groups excluding carboxylic acids is 1. The van der Waals surface area contributed by atoms with E-state index in [2.05, 4.69) is 14.7 Å². The second-order valence-corrected chi connectivity index (χ2v) is 10.7. The van der Waals surface area contributed by atoms with Crippen LogP contribution in [0.4, 0.5) is 5.69 Å². The highest BCUT2D eigenvalue weighted by molar-refractivity contribution is 5.79. The molecule has 8 heteroatoms. The molecule has 0 radical (unpaired) electrons. The van der Waals surface area contributed by atoms with Crippen molar-refractivity contribution >= 4 is 11.6 Å². The van der Waals surface area contributed by atoms with Crippen LogP contribution in [0.3, 0.4) is 0 Å². The number of aromatic nitrogens is 2. The first kappa shape index (κ1) is 24.8. The summed E-state index contributed by atoms with van der Waals surface area (Å²) in [6, 6.07) is 10.1. The van der Waals surface area contributed by atoms with Gasteiger partial charge in [-0.15, -0.1) is 0 Å². The van der Waals surface area contributed by atoms with Crippen molar-refractivity contribution in [3.63, 3.8) is 0 Å². The third-order valence-electron chi connectivity index (χ3n) is 8.52. The van der Waals surface area contributed by atoms with Crippen molar-refractivity contribution in [1.29, 1.82) is 0 Å². The van der Waals surface area contributed by atoms with Gasteiger partial charge in [-0.1, -0.05) is 24.6 Å². The number of benzene rings is 1. The molecule has 5 rings (SSSR count). The van der Waals surface area contributed by atoms with Crippen LogP contribution >= 0.6 is 0 Å². The molecule has 0 N–H and O–H groups in total. The molecule has 36 heavy (non-hydrogen) atoms. The second kappa shape index (κ2) is 10.6. The van der Waals surface area contributed by atoms with E-state index in [0.717, 1.165) is 44.5 Å². The lowest BCUT2D eigenvalue weighted by Gasteiger charge is -2.42. The van der Waals surface area contributed by atoms with Gasteiger partial charge in [-0.2, -0.15) is 0 Å². The summed E-state index contributed by atoms with van der Waals surface area (Å²) < 4.78 is 2.81. The molecule has 3 aliphatic rings.